The summed E-state index contributed by atoms with van der Waals surface area (Å²) in [5, 5.41) is 3.50. The van der Waals surface area contributed by atoms with Gasteiger partial charge in [0.25, 0.3) is 5.91 Å². The van der Waals surface area contributed by atoms with E-state index >= 15 is 0 Å². The van der Waals surface area contributed by atoms with E-state index in [2.05, 4.69) is 39.5 Å². The van der Waals surface area contributed by atoms with E-state index in [1.807, 2.05) is 16.8 Å². The van der Waals surface area contributed by atoms with Crippen molar-refractivity contribution in [2.75, 3.05) is 31.5 Å². The Morgan fingerprint density at radius 2 is 1.89 bits per heavy atom. The largest absolute Gasteiger partial charge is 0.385 e. The number of aromatic nitrogens is 2. The number of nitrogens with one attached hydrogen (secondary N) is 1. The lowest BCUT2D eigenvalue weighted by Crippen LogP contribution is -2.31. The first-order chi connectivity index (χ1) is 13.7. The Kier molecular flexibility index (Phi) is 5.58. The summed E-state index contributed by atoms with van der Waals surface area (Å²) in [6.07, 6.45) is 9.03. The molecule has 1 aliphatic heterocycles. The van der Waals surface area contributed by atoms with E-state index in [0.717, 1.165) is 29.9 Å². The number of rotatable bonds is 7. The minimum absolute atomic E-state index is 0.431. The first-order valence-corrected chi connectivity index (χ1v) is 10.0. The van der Waals surface area contributed by atoms with Crippen LogP contribution in [0.3, 0.4) is 0 Å². The van der Waals surface area contributed by atoms with Gasteiger partial charge in [-0.1, -0.05) is 18.6 Å². The van der Waals surface area contributed by atoms with Crippen molar-refractivity contribution in [3.8, 4) is 11.3 Å². The molecular weight excluding hydrogens is 350 g/mol. The Balaban J connectivity index is 1.37. The number of hydrogen-bond donors (Lipinski definition) is 2. The first-order valence-electron chi connectivity index (χ1n) is 10.0. The minimum Gasteiger partial charge on any atom is -0.385 e. The SMILES string of the molecule is NC(=O)c1cccn2cc(-c3ccc(NCCCN4CCCCC4)cc3)nc12. The normalized spacial score (nSPS) is 15.0. The monoisotopic (exact) mass is 377 g/mol. The van der Waals surface area contributed by atoms with E-state index in [1.54, 1.807) is 12.1 Å². The molecule has 0 saturated carbocycles. The van der Waals surface area contributed by atoms with Crippen molar-refractivity contribution < 1.29 is 4.79 Å². The Morgan fingerprint density at radius 1 is 1.11 bits per heavy atom. The Bertz CT molecular complexity index is 941. The van der Waals surface area contributed by atoms with Gasteiger partial charge >= 0.3 is 0 Å². The molecule has 0 unspecified atom stereocenters. The third-order valence-corrected chi connectivity index (χ3v) is 5.36. The topological polar surface area (TPSA) is 75.7 Å². The molecule has 3 aromatic rings. The fraction of sp³-hybridized carbons (Fsp3) is 0.364. The first kappa shape index (κ1) is 18.5. The number of carbonyl (C=O) groups is 1. The zero-order chi connectivity index (χ0) is 19.3. The number of benzene rings is 1. The molecule has 1 saturated heterocycles. The van der Waals surface area contributed by atoms with Crippen molar-refractivity contribution in [2.45, 2.75) is 25.7 Å². The summed E-state index contributed by atoms with van der Waals surface area (Å²) in [7, 11) is 0. The number of nitrogens with two attached hydrogens (primary N) is 1. The number of primary amides is 1. The molecule has 3 heterocycles. The number of amides is 1. The lowest BCUT2D eigenvalue weighted by atomic mass is 10.1. The fourth-order valence-electron chi connectivity index (χ4n) is 3.82. The van der Waals surface area contributed by atoms with Crippen LogP contribution >= 0.6 is 0 Å². The van der Waals surface area contributed by atoms with Crippen molar-refractivity contribution in [2.24, 2.45) is 5.73 Å². The number of likely N-dealkylation sites (tertiary alicyclic amines) is 1. The molecule has 0 radical (unpaired) electrons. The van der Waals surface area contributed by atoms with Gasteiger partial charge in [-0.2, -0.15) is 0 Å². The van der Waals surface area contributed by atoms with Crippen LogP contribution in [0.2, 0.25) is 0 Å². The van der Waals surface area contributed by atoms with Gasteiger partial charge in [0.1, 0.15) is 5.65 Å². The van der Waals surface area contributed by atoms with Crippen LogP contribution in [0, 0.1) is 0 Å². The number of hydrogen-bond acceptors (Lipinski definition) is 4. The van der Waals surface area contributed by atoms with E-state index in [4.69, 9.17) is 5.73 Å². The molecule has 1 amide bonds. The summed E-state index contributed by atoms with van der Waals surface area (Å²) < 4.78 is 1.84. The second-order valence-corrected chi connectivity index (χ2v) is 7.40. The summed E-state index contributed by atoms with van der Waals surface area (Å²) in [6, 6.07) is 11.8. The predicted octanol–water partition coefficient (Wildman–Crippen LogP) is 3.39. The minimum atomic E-state index is -0.466. The van der Waals surface area contributed by atoms with Gasteiger partial charge in [0.2, 0.25) is 0 Å². The summed E-state index contributed by atoms with van der Waals surface area (Å²) >= 11 is 0. The Morgan fingerprint density at radius 3 is 2.64 bits per heavy atom. The highest BCUT2D eigenvalue weighted by Gasteiger charge is 2.11. The summed E-state index contributed by atoms with van der Waals surface area (Å²) in [5.41, 5.74) is 9.42. The molecule has 2 aromatic heterocycles. The molecular formula is C22H27N5O. The molecule has 28 heavy (non-hydrogen) atoms. The molecule has 3 N–H and O–H groups in total. The van der Waals surface area contributed by atoms with Gasteiger partial charge in [-0.25, -0.2) is 4.98 Å². The highest BCUT2D eigenvalue weighted by Crippen LogP contribution is 2.22. The van der Waals surface area contributed by atoms with Gasteiger partial charge in [0, 0.05) is 30.2 Å². The van der Waals surface area contributed by atoms with Crippen molar-refractivity contribution in [1.82, 2.24) is 14.3 Å². The molecule has 0 spiro atoms. The quantitative estimate of drug-likeness (QED) is 0.619. The number of carbonyl (C=O) groups excluding carboxylic acids is 1. The molecule has 6 nitrogen and oxygen atoms in total. The third-order valence-electron chi connectivity index (χ3n) is 5.36. The average Bonchev–Trinajstić information content (AvgIpc) is 3.16. The molecule has 0 atom stereocenters. The third kappa shape index (κ3) is 4.17. The standard InChI is InChI=1S/C22H27N5O/c23-21(28)19-6-4-15-27-16-20(25-22(19)27)17-7-9-18(10-8-17)24-11-5-14-26-12-2-1-3-13-26/h4,6-10,15-16,24H,1-3,5,11-14H2,(H2,23,28). The Labute approximate surface area is 165 Å². The van der Waals surface area contributed by atoms with Crippen molar-refractivity contribution in [3.63, 3.8) is 0 Å². The summed E-state index contributed by atoms with van der Waals surface area (Å²) in [4.78, 5) is 18.8. The lowest BCUT2D eigenvalue weighted by Gasteiger charge is -2.26. The van der Waals surface area contributed by atoms with Crippen LogP contribution in [0.25, 0.3) is 16.9 Å². The number of nitrogens with zero attached hydrogens (tertiary/aromatic N) is 3. The second-order valence-electron chi connectivity index (χ2n) is 7.40. The lowest BCUT2D eigenvalue weighted by molar-refractivity contribution is 0.100. The molecule has 1 aromatic carbocycles. The summed E-state index contributed by atoms with van der Waals surface area (Å²) in [6.45, 7) is 4.66. The van der Waals surface area contributed by atoms with E-state index in [1.165, 1.54) is 38.9 Å². The fourth-order valence-corrected chi connectivity index (χ4v) is 3.82. The molecule has 1 aliphatic rings. The van der Waals surface area contributed by atoms with E-state index < -0.39 is 5.91 Å². The van der Waals surface area contributed by atoms with Crippen LogP contribution in [0.5, 0.6) is 0 Å². The van der Waals surface area contributed by atoms with Crippen LogP contribution < -0.4 is 11.1 Å². The van der Waals surface area contributed by atoms with Crippen molar-refractivity contribution in [3.05, 3.63) is 54.4 Å². The maximum absolute atomic E-state index is 11.6. The maximum Gasteiger partial charge on any atom is 0.252 e. The van der Waals surface area contributed by atoms with Crippen LogP contribution in [-0.2, 0) is 0 Å². The van der Waals surface area contributed by atoms with Crippen LogP contribution in [0.1, 0.15) is 36.0 Å². The number of imidazole rings is 1. The van der Waals surface area contributed by atoms with E-state index in [-0.39, 0.29) is 0 Å². The number of pyridine rings is 1. The average molecular weight is 377 g/mol. The van der Waals surface area contributed by atoms with Gasteiger partial charge in [-0.15, -0.1) is 0 Å². The molecule has 0 bridgehead atoms. The van der Waals surface area contributed by atoms with Gasteiger partial charge in [-0.3, -0.25) is 4.79 Å². The zero-order valence-corrected chi connectivity index (χ0v) is 16.1. The van der Waals surface area contributed by atoms with Gasteiger partial charge in [-0.05, 0) is 63.2 Å². The van der Waals surface area contributed by atoms with Gasteiger partial charge in [0.05, 0.1) is 11.3 Å². The van der Waals surface area contributed by atoms with E-state index in [0.29, 0.717) is 11.2 Å². The number of fused-ring (bicyclic) bond motifs is 1. The Hall–Kier alpha value is -2.86. The predicted molar refractivity (Wildman–Crippen MR) is 113 cm³/mol. The molecule has 4 rings (SSSR count). The number of anilines is 1. The van der Waals surface area contributed by atoms with Crippen molar-refractivity contribution in [1.29, 1.82) is 0 Å². The van der Waals surface area contributed by atoms with Crippen molar-refractivity contribution >= 4 is 17.2 Å². The second kappa shape index (κ2) is 8.44. The van der Waals surface area contributed by atoms with Crippen LogP contribution in [0.15, 0.2) is 48.8 Å². The van der Waals surface area contributed by atoms with Gasteiger partial charge < -0.3 is 20.4 Å². The highest BCUT2D eigenvalue weighted by molar-refractivity contribution is 5.98. The molecule has 0 aliphatic carbocycles. The van der Waals surface area contributed by atoms with Crippen LogP contribution in [-0.4, -0.2) is 46.4 Å². The molecule has 146 valence electrons. The molecule has 1 fully saturated rings. The highest BCUT2D eigenvalue weighted by atomic mass is 16.1. The van der Waals surface area contributed by atoms with E-state index in [9.17, 15) is 4.79 Å². The number of piperidine rings is 1. The summed E-state index contributed by atoms with van der Waals surface area (Å²) in [5.74, 6) is -0.466. The molecule has 6 heteroatoms. The zero-order valence-electron chi connectivity index (χ0n) is 16.1. The van der Waals surface area contributed by atoms with Gasteiger partial charge in [0.15, 0.2) is 0 Å². The maximum atomic E-state index is 11.6. The smallest absolute Gasteiger partial charge is 0.252 e. The van der Waals surface area contributed by atoms with Crippen LogP contribution in [0.4, 0.5) is 5.69 Å².